The van der Waals surface area contributed by atoms with Gasteiger partial charge in [-0.05, 0) is 36.1 Å². The Kier molecular flexibility index (Phi) is 6.36. The molecule has 0 saturated heterocycles. The quantitative estimate of drug-likeness (QED) is 0.789. The number of benzene rings is 2. The first kappa shape index (κ1) is 18.5. The number of hydrogen-bond acceptors (Lipinski definition) is 4. The van der Waals surface area contributed by atoms with Crippen LogP contribution in [0.15, 0.2) is 48.5 Å². The van der Waals surface area contributed by atoms with Gasteiger partial charge in [-0.15, -0.1) is 0 Å². The zero-order valence-corrected chi connectivity index (χ0v) is 14.7. The molecule has 1 aliphatic heterocycles. The molecular formula is C21H24FNO3. The summed E-state index contributed by atoms with van der Waals surface area (Å²) in [5, 5.41) is 10.2. The summed E-state index contributed by atoms with van der Waals surface area (Å²) in [5.41, 5.74) is 2.68. The molecule has 4 nitrogen and oxygen atoms in total. The molecule has 26 heavy (non-hydrogen) atoms. The fourth-order valence-corrected chi connectivity index (χ4v) is 3.22. The number of halogens is 1. The first-order chi connectivity index (χ1) is 12.6. The van der Waals surface area contributed by atoms with Crippen LogP contribution in [0.5, 0.6) is 5.75 Å². The van der Waals surface area contributed by atoms with E-state index in [1.165, 1.54) is 23.3 Å². The molecule has 1 atom stereocenters. The van der Waals surface area contributed by atoms with Crippen molar-refractivity contribution in [3.8, 4) is 5.75 Å². The topological polar surface area (TPSA) is 49.8 Å². The molecule has 0 amide bonds. The van der Waals surface area contributed by atoms with E-state index in [9.17, 15) is 14.3 Å². The van der Waals surface area contributed by atoms with Gasteiger partial charge in [0, 0.05) is 26.1 Å². The molecule has 1 unspecified atom stereocenters. The maximum atomic E-state index is 13.4. The summed E-state index contributed by atoms with van der Waals surface area (Å²) in [5.74, 6) is -0.546. The SMILES string of the molecule is O=C(CCC(O)CN1CCc2ccccc2C1)COc1ccccc1F. The number of carbonyl (C=O) groups excluding carboxylic acids is 1. The summed E-state index contributed by atoms with van der Waals surface area (Å²) in [6.45, 7) is 2.12. The highest BCUT2D eigenvalue weighted by atomic mass is 19.1. The van der Waals surface area contributed by atoms with Gasteiger partial charge < -0.3 is 9.84 Å². The van der Waals surface area contributed by atoms with E-state index in [4.69, 9.17) is 4.74 Å². The maximum absolute atomic E-state index is 13.4. The van der Waals surface area contributed by atoms with Crippen LogP contribution in [0.25, 0.3) is 0 Å². The Bertz CT molecular complexity index is 750. The van der Waals surface area contributed by atoms with E-state index in [0.29, 0.717) is 13.0 Å². The lowest BCUT2D eigenvalue weighted by Crippen LogP contribution is -2.36. The summed E-state index contributed by atoms with van der Waals surface area (Å²) >= 11 is 0. The second-order valence-corrected chi connectivity index (χ2v) is 6.70. The second-order valence-electron chi connectivity index (χ2n) is 6.70. The molecular weight excluding hydrogens is 333 g/mol. The van der Waals surface area contributed by atoms with Crippen LogP contribution in [0.3, 0.4) is 0 Å². The highest BCUT2D eigenvalue weighted by Crippen LogP contribution is 2.19. The number of aliphatic hydroxyl groups is 1. The minimum atomic E-state index is -0.558. The Morgan fingerprint density at radius 1 is 1.15 bits per heavy atom. The average molecular weight is 357 g/mol. The maximum Gasteiger partial charge on any atom is 0.170 e. The van der Waals surface area contributed by atoms with Gasteiger partial charge >= 0.3 is 0 Å². The number of carbonyl (C=O) groups is 1. The zero-order valence-electron chi connectivity index (χ0n) is 14.7. The lowest BCUT2D eigenvalue weighted by Gasteiger charge is -2.30. The van der Waals surface area contributed by atoms with E-state index >= 15 is 0 Å². The number of rotatable bonds is 8. The monoisotopic (exact) mass is 357 g/mol. The fraction of sp³-hybridized carbons (Fsp3) is 0.381. The molecule has 0 saturated carbocycles. The number of hydrogen-bond donors (Lipinski definition) is 1. The highest BCUT2D eigenvalue weighted by Gasteiger charge is 2.19. The van der Waals surface area contributed by atoms with E-state index in [0.717, 1.165) is 19.5 Å². The minimum Gasteiger partial charge on any atom is -0.483 e. The number of fused-ring (bicyclic) bond motifs is 1. The first-order valence-electron chi connectivity index (χ1n) is 8.98. The normalized spacial score (nSPS) is 15.3. The Morgan fingerprint density at radius 3 is 2.69 bits per heavy atom. The molecule has 138 valence electrons. The molecule has 0 spiro atoms. The molecule has 2 aromatic rings. The summed E-state index contributed by atoms with van der Waals surface area (Å²) in [4.78, 5) is 14.1. The molecule has 0 aliphatic carbocycles. The van der Waals surface area contributed by atoms with Crippen molar-refractivity contribution in [3.63, 3.8) is 0 Å². The number of para-hydroxylation sites is 1. The number of β-amino-alcohol motifs (C(OH)–C–C–N with tert-alkyl or cyclic N) is 1. The van der Waals surface area contributed by atoms with Gasteiger partial charge in [-0.25, -0.2) is 4.39 Å². The number of aliphatic hydroxyl groups excluding tert-OH is 1. The highest BCUT2D eigenvalue weighted by molar-refractivity contribution is 5.79. The van der Waals surface area contributed by atoms with Crippen LogP contribution in [0.2, 0.25) is 0 Å². The standard InChI is InChI=1S/C21H24FNO3/c22-20-7-3-4-8-21(20)26-15-19(25)10-9-18(24)14-23-12-11-16-5-1-2-6-17(16)13-23/h1-8,18,24H,9-15H2. The summed E-state index contributed by atoms with van der Waals surface area (Å²) in [7, 11) is 0. The summed E-state index contributed by atoms with van der Waals surface area (Å²) < 4.78 is 18.6. The Hall–Kier alpha value is -2.24. The van der Waals surface area contributed by atoms with Crippen molar-refractivity contribution in [1.29, 1.82) is 0 Å². The van der Waals surface area contributed by atoms with E-state index < -0.39 is 11.9 Å². The van der Waals surface area contributed by atoms with Crippen molar-refractivity contribution in [2.45, 2.75) is 31.9 Å². The molecule has 5 heteroatoms. The van der Waals surface area contributed by atoms with Crippen LogP contribution in [0.4, 0.5) is 4.39 Å². The van der Waals surface area contributed by atoms with Gasteiger partial charge in [-0.1, -0.05) is 36.4 Å². The van der Waals surface area contributed by atoms with Crippen molar-refractivity contribution in [1.82, 2.24) is 4.90 Å². The Balaban J connectivity index is 1.38. The molecule has 0 bridgehead atoms. The zero-order chi connectivity index (χ0) is 18.4. The Morgan fingerprint density at radius 2 is 1.88 bits per heavy atom. The molecule has 1 aliphatic rings. The van der Waals surface area contributed by atoms with Crippen molar-refractivity contribution >= 4 is 5.78 Å². The van der Waals surface area contributed by atoms with Gasteiger partial charge in [-0.2, -0.15) is 0 Å². The van der Waals surface area contributed by atoms with Crippen LogP contribution < -0.4 is 4.74 Å². The summed E-state index contributed by atoms with van der Waals surface area (Å²) in [6, 6.07) is 14.4. The molecule has 2 aromatic carbocycles. The van der Waals surface area contributed by atoms with Gasteiger partial charge in [0.05, 0.1) is 6.10 Å². The molecule has 0 fully saturated rings. The van der Waals surface area contributed by atoms with Crippen LogP contribution in [0.1, 0.15) is 24.0 Å². The predicted molar refractivity (Wildman–Crippen MR) is 97.6 cm³/mol. The van der Waals surface area contributed by atoms with E-state index in [2.05, 4.69) is 23.1 Å². The van der Waals surface area contributed by atoms with Gasteiger partial charge in [0.2, 0.25) is 0 Å². The third kappa shape index (κ3) is 5.13. The smallest absolute Gasteiger partial charge is 0.170 e. The van der Waals surface area contributed by atoms with Gasteiger partial charge in [0.1, 0.15) is 6.61 Å². The van der Waals surface area contributed by atoms with Crippen molar-refractivity contribution in [3.05, 3.63) is 65.5 Å². The number of Topliss-reactive ketones (excluding diaryl/α,β-unsaturated/α-hetero) is 1. The largest absolute Gasteiger partial charge is 0.483 e. The molecule has 3 rings (SSSR count). The van der Waals surface area contributed by atoms with Gasteiger partial charge in [-0.3, -0.25) is 9.69 Å². The predicted octanol–water partition coefficient (Wildman–Crippen LogP) is 2.97. The van der Waals surface area contributed by atoms with E-state index in [-0.39, 0.29) is 24.6 Å². The van der Waals surface area contributed by atoms with Crippen LogP contribution >= 0.6 is 0 Å². The number of ketones is 1. The molecule has 1 heterocycles. The van der Waals surface area contributed by atoms with Crippen molar-refractivity contribution < 1.29 is 19.0 Å². The lowest BCUT2D eigenvalue weighted by molar-refractivity contribution is -0.121. The number of nitrogens with zero attached hydrogens (tertiary/aromatic N) is 1. The van der Waals surface area contributed by atoms with Crippen molar-refractivity contribution in [2.75, 3.05) is 19.7 Å². The Labute approximate surface area is 153 Å². The molecule has 1 N–H and O–H groups in total. The van der Waals surface area contributed by atoms with Crippen molar-refractivity contribution in [2.24, 2.45) is 0 Å². The fourth-order valence-electron chi connectivity index (χ4n) is 3.22. The molecule has 0 radical (unpaired) electrons. The average Bonchev–Trinajstić information content (AvgIpc) is 2.65. The third-order valence-corrected chi connectivity index (χ3v) is 4.66. The van der Waals surface area contributed by atoms with Crippen LogP contribution in [-0.4, -0.2) is 41.6 Å². The summed E-state index contributed by atoms with van der Waals surface area (Å²) in [6.07, 6.45) is 1.04. The van der Waals surface area contributed by atoms with Crippen LogP contribution in [-0.2, 0) is 17.8 Å². The third-order valence-electron chi connectivity index (χ3n) is 4.66. The lowest BCUT2D eigenvalue weighted by atomic mass is 9.99. The van der Waals surface area contributed by atoms with Gasteiger partial charge in [0.15, 0.2) is 17.3 Å². The second kappa shape index (κ2) is 8.92. The number of ether oxygens (including phenoxy) is 1. The minimum absolute atomic E-state index is 0.0772. The van der Waals surface area contributed by atoms with Gasteiger partial charge in [0.25, 0.3) is 0 Å². The first-order valence-corrected chi connectivity index (χ1v) is 8.98. The molecule has 0 aromatic heterocycles. The van der Waals surface area contributed by atoms with E-state index in [1.807, 2.05) is 6.07 Å². The van der Waals surface area contributed by atoms with E-state index in [1.54, 1.807) is 12.1 Å². The van der Waals surface area contributed by atoms with Crippen LogP contribution in [0, 0.1) is 5.82 Å².